The maximum Gasteiger partial charge on any atom is 0.357 e. The van der Waals surface area contributed by atoms with E-state index in [0.29, 0.717) is 29.4 Å². The lowest BCUT2D eigenvalue weighted by atomic mass is 10.0. The molecule has 3 aromatic carbocycles. The van der Waals surface area contributed by atoms with E-state index in [1.54, 1.807) is 42.5 Å². The minimum Gasteiger partial charge on any atom is -0.493 e. The summed E-state index contributed by atoms with van der Waals surface area (Å²) < 4.78 is 22.9. The third-order valence-electron chi connectivity index (χ3n) is 5.58. The van der Waals surface area contributed by atoms with E-state index < -0.39 is 11.9 Å². The summed E-state index contributed by atoms with van der Waals surface area (Å²) in [5, 5.41) is 4.61. The van der Waals surface area contributed by atoms with Gasteiger partial charge < -0.3 is 18.9 Å². The van der Waals surface area contributed by atoms with Crippen LogP contribution in [0.5, 0.6) is 11.5 Å². The fourth-order valence-corrected chi connectivity index (χ4v) is 3.81. The lowest BCUT2D eigenvalue weighted by Gasteiger charge is -2.12. The Morgan fingerprint density at radius 3 is 2.11 bits per heavy atom. The number of nitrogens with zero attached hydrogens (tertiary/aromatic N) is 2. The molecule has 0 radical (unpaired) electrons. The minimum absolute atomic E-state index is 0.00648. The Bertz CT molecular complexity index is 1350. The molecule has 1 aromatic heterocycles. The Hall–Kier alpha value is -4.59. The largest absolute Gasteiger partial charge is 0.493 e. The van der Waals surface area contributed by atoms with Crippen LogP contribution in [0.2, 0.25) is 0 Å². The summed E-state index contributed by atoms with van der Waals surface area (Å²) >= 11 is 0. The Kier molecular flexibility index (Phi) is 7.65. The monoisotopic (exact) mass is 486 g/mol. The number of hydrogen-bond acceptors (Lipinski definition) is 7. The predicted molar refractivity (Wildman–Crippen MR) is 134 cm³/mol. The molecule has 8 nitrogen and oxygen atoms in total. The van der Waals surface area contributed by atoms with Crippen LogP contribution < -0.4 is 9.47 Å². The highest BCUT2D eigenvalue weighted by molar-refractivity contribution is 6.06. The molecule has 0 spiro atoms. The summed E-state index contributed by atoms with van der Waals surface area (Å²) in [5.74, 6) is -0.418. The molecule has 0 bridgehead atoms. The second-order valence-corrected chi connectivity index (χ2v) is 7.75. The molecular formula is C28H26N2O6. The third kappa shape index (κ3) is 5.07. The van der Waals surface area contributed by atoms with Gasteiger partial charge in [0.2, 0.25) is 0 Å². The Morgan fingerprint density at radius 2 is 1.47 bits per heavy atom. The number of rotatable bonds is 9. The van der Waals surface area contributed by atoms with Crippen LogP contribution in [0.25, 0.3) is 16.9 Å². The molecule has 0 saturated heterocycles. The number of aromatic nitrogens is 2. The number of ether oxygens (including phenoxy) is 4. The van der Waals surface area contributed by atoms with Gasteiger partial charge in [0, 0.05) is 12.0 Å². The zero-order valence-electron chi connectivity index (χ0n) is 20.3. The maximum absolute atomic E-state index is 12.9. The molecule has 0 aliphatic rings. The van der Waals surface area contributed by atoms with Gasteiger partial charge >= 0.3 is 11.9 Å². The van der Waals surface area contributed by atoms with Crippen molar-refractivity contribution in [1.82, 2.24) is 9.78 Å². The first-order valence-electron chi connectivity index (χ1n) is 11.3. The van der Waals surface area contributed by atoms with Crippen molar-refractivity contribution in [2.75, 3.05) is 27.9 Å². The zero-order valence-corrected chi connectivity index (χ0v) is 20.3. The average Bonchev–Trinajstić information content (AvgIpc) is 3.34. The highest BCUT2D eigenvalue weighted by Gasteiger charge is 2.31. The SMILES string of the molecule is COC(=O)c1c(-c2ccc(OCCc3ccccc3)c(OC)c2)nn(-c2ccccc2)c1C(=O)OC. The molecule has 4 aromatic rings. The molecule has 0 saturated carbocycles. The van der Waals surface area contributed by atoms with E-state index in [1.807, 2.05) is 36.4 Å². The first-order chi connectivity index (χ1) is 17.6. The van der Waals surface area contributed by atoms with Crippen LogP contribution in [-0.2, 0) is 15.9 Å². The van der Waals surface area contributed by atoms with Gasteiger partial charge in [0.15, 0.2) is 17.2 Å². The van der Waals surface area contributed by atoms with Gasteiger partial charge in [0.25, 0.3) is 0 Å². The van der Waals surface area contributed by atoms with Crippen molar-refractivity contribution < 1.29 is 28.5 Å². The smallest absolute Gasteiger partial charge is 0.357 e. The van der Waals surface area contributed by atoms with E-state index >= 15 is 0 Å². The van der Waals surface area contributed by atoms with Gasteiger partial charge in [-0.15, -0.1) is 0 Å². The van der Waals surface area contributed by atoms with E-state index in [4.69, 9.17) is 18.9 Å². The minimum atomic E-state index is -0.717. The number of esters is 2. The van der Waals surface area contributed by atoms with E-state index in [0.717, 1.165) is 12.0 Å². The molecule has 8 heteroatoms. The lowest BCUT2D eigenvalue weighted by molar-refractivity contribution is 0.0549. The molecule has 36 heavy (non-hydrogen) atoms. The van der Waals surface area contributed by atoms with E-state index in [2.05, 4.69) is 5.10 Å². The Morgan fingerprint density at radius 1 is 0.806 bits per heavy atom. The second-order valence-electron chi connectivity index (χ2n) is 7.75. The van der Waals surface area contributed by atoms with Crippen LogP contribution in [0.15, 0.2) is 78.9 Å². The summed E-state index contributed by atoms with van der Waals surface area (Å²) in [6.45, 7) is 0.461. The number of carbonyl (C=O) groups excluding carboxylic acids is 2. The summed E-state index contributed by atoms with van der Waals surface area (Å²) in [4.78, 5) is 25.6. The highest BCUT2D eigenvalue weighted by atomic mass is 16.5. The van der Waals surface area contributed by atoms with Crippen LogP contribution in [-0.4, -0.2) is 49.7 Å². The van der Waals surface area contributed by atoms with Gasteiger partial charge in [-0.3, -0.25) is 0 Å². The number of para-hydroxylation sites is 1. The summed E-state index contributed by atoms with van der Waals surface area (Å²) in [6.07, 6.45) is 0.738. The van der Waals surface area contributed by atoms with Crippen molar-refractivity contribution in [2.24, 2.45) is 0 Å². The molecule has 0 unspecified atom stereocenters. The maximum atomic E-state index is 12.9. The molecule has 0 fully saturated rings. The number of methoxy groups -OCH3 is 3. The van der Waals surface area contributed by atoms with Gasteiger partial charge in [-0.2, -0.15) is 5.10 Å². The van der Waals surface area contributed by atoms with Gasteiger partial charge in [-0.1, -0.05) is 48.5 Å². The third-order valence-corrected chi connectivity index (χ3v) is 5.58. The Balaban J connectivity index is 1.75. The van der Waals surface area contributed by atoms with Crippen molar-refractivity contribution in [1.29, 1.82) is 0 Å². The van der Waals surface area contributed by atoms with Crippen LogP contribution >= 0.6 is 0 Å². The molecule has 0 amide bonds. The van der Waals surface area contributed by atoms with Crippen LogP contribution in [0.4, 0.5) is 0 Å². The molecule has 0 aliphatic carbocycles. The van der Waals surface area contributed by atoms with Gasteiger partial charge in [-0.05, 0) is 35.9 Å². The number of carbonyl (C=O) groups is 2. The molecule has 0 aliphatic heterocycles. The van der Waals surface area contributed by atoms with E-state index in [1.165, 1.54) is 26.0 Å². The highest BCUT2D eigenvalue weighted by Crippen LogP contribution is 2.35. The van der Waals surface area contributed by atoms with Gasteiger partial charge in [-0.25, -0.2) is 14.3 Å². The number of hydrogen-bond donors (Lipinski definition) is 0. The van der Waals surface area contributed by atoms with Gasteiger partial charge in [0.1, 0.15) is 11.3 Å². The normalized spacial score (nSPS) is 10.5. The van der Waals surface area contributed by atoms with Crippen molar-refractivity contribution in [3.63, 3.8) is 0 Å². The molecule has 0 atom stereocenters. The summed E-state index contributed by atoms with van der Waals surface area (Å²) in [5.41, 5.74) is 2.50. The van der Waals surface area contributed by atoms with Crippen LogP contribution in [0.1, 0.15) is 26.4 Å². The summed E-state index contributed by atoms with van der Waals surface area (Å²) in [7, 11) is 4.03. The van der Waals surface area contributed by atoms with Crippen molar-refractivity contribution in [2.45, 2.75) is 6.42 Å². The standard InChI is InChI=1S/C28H26N2O6/c1-33-23-18-20(14-15-22(23)36-17-16-19-10-6-4-7-11-19)25-24(27(31)34-2)26(28(32)35-3)30(29-25)21-12-8-5-9-13-21/h4-15,18H,16-17H2,1-3H3. The van der Waals surface area contributed by atoms with E-state index in [-0.39, 0.29) is 17.0 Å². The molecule has 0 N–H and O–H groups in total. The fraction of sp³-hybridized carbons (Fsp3) is 0.179. The van der Waals surface area contributed by atoms with E-state index in [9.17, 15) is 9.59 Å². The van der Waals surface area contributed by atoms with Crippen LogP contribution in [0, 0.1) is 0 Å². The quantitative estimate of drug-likeness (QED) is 0.316. The van der Waals surface area contributed by atoms with Crippen molar-refractivity contribution in [3.8, 4) is 28.4 Å². The number of benzene rings is 3. The van der Waals surface area contributed by atoms with Crippen LogP contribution in [0.3, 0.4) is 0 Å². The first-order valence-corrected chi connectivity index (χ1v) is 11.3. The fourth-order valence-electron chi connectivity index (χ4n) is 3.81. The first kappa shape index (κ1) is 24.5. The summed E-state index contributed by atoms with van der Waals surface area (Å²) in [6, 6.07) is 24.2. The molecule has 4 rings (SSSR count). The molecule has 1 heterocycles. The lowest BCUT2D eigenvalue weighted by Crippen LogP contribution is -2.15. The zero-order chi connectivity index (χ0) is 25.5. The average molecular weight is 487 g/mol. The topological polar surface area (TPSA) is 88.9 Å². The molecular weight excluding hydrogens is 460 g/mol. The van der Waals surface area contributed by atoms with Crippen molar-refractivity contribution in [3.05, 3.63) is 95.7 Å². The molecule has 184 valence electrons. The van der Waals surface area contributed by atoms with Gasteiger partial charge in [0.05, 0.1) is 33.6 Å². The Labute approximate surface area is 209 Å². The predicted octanol–water partition coefficient (Wildman–Crippen LogP) is 4.74. The second kappa shape index (κ2) is 11.2. The van der Waals surface area contributed by atoms with Crippen molar-refractivity contribution >= 4 is 11.9 Å².